The number of fused-ring (bicyclic) bond motifs is 2. The first kappa shape index (κ1) is 12.4. The topological polar surface area (TPSA) is 39.2 Å². The first-order valence-corrected chi connectivity index (χ1v) is 6.41. The Hall–Kier alpha value is -2.68. The third kappa shape index (κ3) is 2.67. The van der Waals surface area contributed by atoms with Crippen LogP contribution in [0.1, 0.15) is 5.56 Å². The van der Waals surface area contributed by atoms with Crippen molar-refractivity contribution < 1.29 is 9.53 Å². The number of carbonyl (C=O) groups excluding carboxylic acids is 1. The van der Waals surface area contributed by atoms with Gasteiger partial charge in [-0.1, -0.05) is 42.5 Å². The van der Waals surface area contributed by atoms with Crippen molar-refractivity contribution in [2.45, 2.75) is 6.42 Å². The maximum absolute atomic E-state index is 10.7. The molecular formula is C17H13NO2. The zero-order valence-corrected chi connectivity index (χ0v) is 10.8. The number of pyridine rings is 1. The number of ether oxygens (including phenoxy) is 1. The van der Waals surface area contributed by atoms with Gasteiger partial charge in [0.1, 0.15) is 5.75 Å². The van der Waals surface area contributed by atoms with Gasteiger partial charge in [-0.2, -0.15) is 0 Å². The summed E-state index contributed by atoms with van der Waals surface area (Å²) in [5, 5.41) is 1.20. The SMILES string of the molecule is O=C1Cc2ccccc2O1.c1ccc2ncccc2c1. The van der Waals surface area contributed by atoms with Gasteiger partial charge in [-0.3, -0.25) is 9.78 Å². The van der Waals surface area contributed by atoms with E-state index in [1.807, 2.05) is 48.7 Å². The maximum atomic E-state index is 10.7. The van der Waals surface area contributed by atoms with Crippen LogP contribution in [0.5, 0.6) is 5.75 Å². The molecule has 0 unspecified atom stereocenters. The molecule has 0 spiro atoms. The molecule has 3 nitrogen and oxygen atoms in total. The molecule has 0 bridgehead atoms. The summed E-state index contributed by atoms with van der Waals surface area (Å²) >= 11 is 0. The molecule has 0 aliphatic carbocycles. The number of hydrogen-bond acceptors (Lipinski definition) is 3. The smallest absolute Gasteiger partial charge is 0.315 e. The summed E-state index contributed by atoms with van der Waals surface area (Å²) in [4.78, 5) is 14.9. The van der Waals surface area contributed by atoms with Crippen LogP contribution in [-0.2, 0) is 11.2 Å². The van der Waals surface area contributed by atoms with E-state index in [2.05, 4.69) is 17.1 Å². The third-order valence-corrected chi connectivity index (χ3v) is 3.04. The fourth-order valence-corrected chi connectivity index (χ4v) is 2.08. The van der Waals surface area contributed by atoms with E-state index in [0.717, 1.165) is 11.1 Å². The Morgan fingerprint density at radius 1 is 0.900 bits per heavy atom. The number of esters is 1. The minimum absolute atomic E-state index is 0.152. The van der Waals surface area contributed by atoms with Crippen molar-refractivity contribution in [3.05, 3.63) is 72.4 Å². The zero-order valence-electron chi connectivity index (χ0n) is 10.8. The van der Waals surface area contributed by atoms with Crippen LogP contribution in [0, 0.1) is 0 Å². The Kier molecular flexibility index (Phi) is 3.42. The zero-order chi connectivity index (χ0) is 13.8. The molecule has 1 aliphatic rings. The standard InChI is InChI=1S/C9H7N.C8H6O2/c1-2-6-9-8(4-1)5-3-7-10-9;9-8-5-6-3-1-2-4-7(6)10-8/h1-7H;1-4H,5H2. The molecule has 3 heteroatoms. The van der Waals surface area contributed by atoms with Crippen molar-refractivity contribution in [1.82, 2.24) is 4.98 Å². The van der Waals surface area contributed by atoms with Crippen LogP contribution in [0.3, 0.4) is 0 Å². The van der Waals surface area contributed by atoms with Crippen LogP contribution < -0.4 is 4.74 Å². The Morgan fingerprint density at radius 2 is 1.65 bits per heavy atom. The highest BCUT2D eigenvalue weighted by molar-refractivity contribution is 5.80. The molecule has 0 saturated heterocycles. The molecule has 20 heavy (non-hydrogen) atoms. The predicted molar refractivity (Wildman–Crippen MR) is 77.5 cm³/mol. The van der Waals surface area contributed by atoms with Crippen molar-refractivity contribution >= 4 is 16.9 Å². The fraction of sp³-hybridized carbons (Fsp3) is 0.0588. The Balaban J connectivity index is 0.000000121. The largest absolute Gasteiger partial charge is 0.426 e. The molecule has 1 aromatic heterocycles. The molecule has 0 radical (unpaired) electrons. The first-order valence-electron chi connectivity index (χ1n) is 6.41. The summed E-state index contributed by atoms with van der Waals surface area (Å²) in [6, 6.07) is 19.6. The lowest BCUT2D eigenvalue weighted by Crippen LogP contribution is -1.99. The number of nitrogens with zero attached hydrogens (tertiary/aromatic N) is 1. The van der Waals surface area contributed by atoms with E-state index in [-0.39, 0.29) is 5.97 Å². The average molecular weight is 263 g/mol. The molecule has 0 amide bonds. The van der Waals surface area contributed by atoms with Crippen LogP contribution in [0.25, 0.3) is 10.9 Å². The minimum Gasteiger partial charge on any atom is -0.426 e. The van der Waals surface area contributed by atoms with Crippen LogP contribution in [-0.4, -0.2) is 11.0 Å². The normalized spacial score (nSPS) is 12.3. The summed E-state index contributed by atoms with van der Waals surface area (Å²) in [7, 11) is 0. The van der Waals surface area contributed by atoms with Crippen LogP contribution >= 0.6 is 0 Å². The number of rotatable bonds is 0. The van der Waals surface area contributed by atoms with E-state index in [1.165, 1.54) is 5.39 Å². The minimum atomic E-state index is -0.152. The maximum Gasteiger partial charge on any atom is 0.315 e. The summed E-state index contributed by atoms with van der Waals surface area (Å²) in [5.74, 6) is 0.564. The van der Waals surface area contributed by atoms with Gasteiger partial charge in [0.05, 0.1) is 11.9 Å². The van der Waals surface area contributed by atoms with Gasteiger partial charge in [0.15, 0.2) is 0 Å². The van der Waals surface area contributed by atoms with E-state index in [4.69, 9.17) is 4.74 Å². The second-order valence-corrected chi connectivity index (χ2v) is 4.45. The molecule has 2 heterocycles. The summed E-state index contributed by atoms with van der Waals surface area (Å²) in [6.45, 7) is 0. The quantitative estimate of drug-likeness (QED) is 0.461. The number of carbonyl (C=O) groups is 1. The highest BCUT2D eigenvalue weighted by atomic mass is 16.5. The lowest BCUT2D eigenvalue weighted by atomic mass is 10.2. The molecule has 4 rings (SSSR count). The molecule has 0 saturated carbocycles. The number of para-hydroxylation sites is 2. The van der Waals surface area contributed by atoms with Gasteiger partial charge in [0, 0.05) is 17.1 Å². The molecule has 0 fully saturated rings. The molecule has 1 aliphatic heterocycles. The Morgan fingerprint density at radius 3 is 2.50 bits per heavy atom. The van der Waals surface area contributed by atoms with Crippen LogP contribution in [0.2, 0.25) is 0 Å². The number of benzene rings is 2. The number of aromatic nitrogens is 1. The molecule has 3 aromatic rings. The van der Waals surface area contributed by atoms with Crippen molar-refractivity contribution in [1.29, 1.82) is 0 Å². The van der Waals surface area contributed by atoms with Gasteiger partial charge in [0.25, 0.3) is 0 Å². The van der Waals surface area contributed by atoms with Crippen molar-refractivity contribution in [3.8, 4) is 5.75 Å². The highest BCUT2D eigenvalue weighted by Crippen LogP contribution is 2.24. The summed E-state index contributed by atoms with van der Waals surface area (Å²) in [5.41, 5.74) is 2.05. The summed E-state index contributed by atoms with van der Waals surface area (Å²) < 4.78 is 4.87. The van der Waals surface area contributed by atoms with Gasteiger partial charge in [-0.15, -0.1) is 0 Å². The first-order chi connectivity index (χ1) is 9.83. The van der Waals surface area contributed by atoms with Gasteiger partial charge < -0.3 is 4.74 Å². The van der Waals surface area contributed by atoms with Crippen molar-refractivity contribution in [3.63, 3.8) is 0 Å². The van der Waals surface area contributed by atoms with Gasteiger partial charge in [-0.25, -0.2) is 0 Å². The Bertz CT molecular complexity index is 660. The molecule has 98 valence electrons. The van der Waals surface area contributed by atoms with Crippen molar-refractivity contribution in [2.24, 2.45) is 0 Å². The molecule has 2 aromatic carbocycles. The van der Waals surface area contributed by atoms with Crippen molar-refractivity contribution in [2.75, 3.05) is 0 Å². The van der Waals surface area contributed by atoms with Crippen LogP contribution in [0.4, 0.5) is 0 Å². The van der Waals surface area contributed by atoms with Crippen LogP contribution in [0.15, 0.2) is 66.9 Å². The molecule has 0 N–H and O–H groups in total. The lowest BCUT2D eigenvalue weighted by molar-refractivity contribution is -0.131. The van der Waals surface area contributed by atoms with E-state index in [1.54, 1.807) is 6.07 Å². The average Bonchev–Trinajstić information content (AvgIpc) is 2.88. The van der Waals surface area contributed by atoms with Gasteiger partial charge in [-0.05, 0) is 18.2 Å². The predicted octanol–water partition coefficient (Wildman–Crippen LogP) is 3.38. The highest BCUT2D eigenvalue weighted by Gasteiger charge is 2.18. The van der Waals surface area contributed by atoms with E-state index in [0.29, 0.717) is 12.2 Å². The van der Waals surface area contributed by atoms with E-state index in [9.17, 15) is 4.79 Å². The molecule has 0 atom stereocenters. The van der Waals surface area contributed by atoms with E-state index < -0.39 is 0 Å². The second kappa shape index (κ2) is 5.53. The summed E-state index contributed by atoms with van der Waals surface area (Å²) in [6.07, 6.45) is 2.23. The lowest BCUT2D eigenvalue weighted by Gasteiger charge is -1.91. The number of hydrogen-bond donors (Lipinski definition) is 0. The third-order valence-electron chi connectivity index (χ3n) is 3.04. The second-order valence-electron chi connectivity index (χ2n) is 4.45. The van der Waals surface area contributed by atoms with Gasteiger partial charge in [0.2, 0.25) is 0 Å². The Labute approximate surface area is 116 Å². The fourth-order valence-electron chi connectivity index (χ4n) is 2.08. The monoisotopic (exact) mass is 263 g/mol. The molecular weight excluding hydrogens is 250 g/mol. The van der Waals surface area contributed by atoms with Gasteiger partial charge >= 0.3 is 5.97 Å². The van der Waals surface area contributed by atoms with E-state index >= 15 is 0 Å².